The Morgan fingerprint density at radius 1 is 1.06 bits per heavy atom. The van der Waals surface area contributed by atoms with Gasteiger partial charge in [0.15, 0.2) is 11.4 Å². The highest BCUT2D eigenvalue weighted by atomic mass is 35.5. The number of benzene rings is 1. The summed E-state index contributed by atoms with van der Waals surface area (Å²) in [5, 5.41) is 9.80. The van der Waals surface area contributed by atoms with E-state index in [9.17, 15) is 14.4 Å². The summed E-state index contributed by atoms with van der Waals surface area (Å²) in [6, 6.07) is 9.44. The Kier molecular flexibility index (Phi) is 9.16. The Morgan fingerprint density at radius 2 is 1.85 bits per heavy atom. The normalized spacial score (nSPS) is 17.1. The average Bonchev–Trinajstić information content (AvgIpc) is 3.73. The molecule has 1 aromatic carbocycles. The molecule has 0 unspecified atom stereocenters. The lowest BCUT2D eigenvalue weighted by atomic mass is 9.93. The molecule has 4 aromatic heterocycles. The van der Waals surface area contributed by atoms with Gasteiger partial charge in [0.1, 0.15) is 6.61 Å². The third-order valence-electron chi connectivity index (χ3n) is 10.1. The van der Waals surface area contributed by atoms with Crippen molar-refractivity contribution in [2.75, 3.05) is 18.0 Å². The van der Waals surface area contributed by atoms with Gasteiger partial charge in [0.05, 0.1) is 46.1 Å². The molecule has 14 nitrogen and oxygen atoms in total. The zero-order valence-electron chi connectivity index (χ0n) is 29.3. The van der Waals surface area contributed by atoms with Gasteiger partial charge in [-0.1, -0.05) is 17.7 Å². The number of halogens is 3. The van der Waals surface area contributed by atoms with E-state index in [2.05, 4.69) is 15.2 Å². The summed E-state index contributed by atoms with van der Waals surface area (Å²) < 4.78 is 44.2. The van der Waals surface area contributed by atoms with Gasteiger partial charge in [0, 0.05) is 50.0 Å². The molecule has 0 spiro atoms. The minimum Gasteiger partial charge on any atom is -0.443 e. The number of fused-ring (bicyclic) bond motifs is 2. The second-order valence-electron chi connectivity index (χ2n) is 14.0. The van der Waals surface area contributed by atoms with Crippen molar-refractivity contribution in [1.29, 1.82) is 0 Å². The number of amides is 3. The molecule has 2 aliphatic heterocycles. The zero-order chi connectivity index (χ0) is 37.7. The fourth-order valence-corrected chi connectivity index (χ4v) is 7.24. The van der Waals surface area contributed by atoms with Crippen LogP contribution < -0.4 is 15.4 Å². The molecule has 3 aliphatic rings. The first-order valence-electron chi connectivity index (χ1n) is 17.7. The first-order chi connectivity index (χ1) is 25.9. The Balaban J connectivity index is 1.09. The van der Waals surface area contributed by atoms with Crippen molar-refractivity contribution in [2.24, 2.45) is 24.6 Å². The largest absolute Gasteiger partial charge is 0.482 e. The summed E-state index contributed by atoms with van der Waals surface area (Å²) >= 11 is 5.95. The number of pyridine rings is 2. The molecule has 0 bridgehead atoms. The van der Waals surface area contributed by atoms with E-state index in [4.69, 9.17) is 31.8 Å². The van der Waals surface area contributed by atoms with Crippen molar-refractivity contribution in [3.8, 4) is 16.9 Å². The van der Waals surface area contributed by atoms with Gasteiger partial charge >= 0.3 is 18.1 Å². The number of piperidine rings is 1. The van der Waals surface area contributed by atoms with Crippen molar-refractivity contribution >= 4 is 46.2 Å². The van der Waals surface area contributed by atoms with Gasteiger partial charge in [-0.2, -0.15) is 19.0 Å². The Morgan fingerprint density at radius 3 is 2.54 bits per heavy atom. The second kappa shape index (κ2) is 14.0. The van der Waals surface area contributed by atoms with Crippen LogP contribution in [0.25, 0.3) is 22.2 Å². The van der Waals surface area contributed by atoms with Crippen LogP contribution in [0.5, 0.6) is 5.75 Å². The summed E-state index contributed by atoms with van der Waals surface area (Å²) in [4.78, 5) is 50.6. The van der Waals surface area contributed by atoms with E-state index >= 15 is 8.78 Å². The van der Waals surface area contributed by atoms with Crippen molar-refractivity contribution < 1.29 is 32.6 Å². The first kappa shape index (κ1) is 35.4. The lowest BCUT2D eigenvalue weighted by molar-refractivity contribution is -0.193. The van der Waals surface area contributed by atoms with Gasteiger partial charge in [0.2, 0.25) is 0 Å². The van der Waals surface area contributed by atoms with Crippen LogP contribution in [0.4, 0.5) is 19.3 Å². The van der Waals surface area contributed by atoms with Gasteiger partial charge in [-0.05, 0) is 79.8 Å². The number of likely N-dealkylation sites (tertiary alicyclic amines) is 1. The molecule has 1 aliphatic carbocycles. The van der Waals surface area contributed by atoms with Crippen LogP contribution in [0.2, 0.25) is 5.02 Å². The van der Waals surface area contributed by atoms with E-state index in [1.165, 1.54) is 18.3 Å². The van der Waals surface area contributed by atoms with Crippen LogP contribution in [0.15, 0.2) is 55.0 Å². The monoisotopic (exact) mass is 759 g/mol. The third-order valence-corrected chi connectivity index (χ3v) is 10.3. The Hall–Kier alpha value is -5.64. The number of nitrogens with zero attached hydrogens (tertiary/aromatic N) is 8. The number of ether oxygens (including phenoxy) is 2. The molecule has 2 fully saturated rings. The molecule has 6 heterocycles. The predicted octanol–water partition coefficient (Wildman–Crippen LogP) is 5.50. The lowest BCUT2D eigenvalue weighted by Gasteiger charge is -2.33. The average molecular weight is 760 g/mol. The summed E-state index contributed by atoms with van der Waals surface area (Å²) in [7, 11) is 1.80. The van der Waals surface area contributed by atoms with Crippen LogP contribution in [-0.4, -0.2) is 71.5 Å². The number of hydrogen-bond donors (Lipinski definition) is 1. The van der Waals surface area contributed by atoms with Crippen molar-refractivity contribution in [1.82, 2.24) is 34.4 Å². The topological polar surface area (TPSA) is 164 Å². The van der Waals surface area contributed by atoms with Crippen LogP contribution in [-0.2, 0) is 42.7 Å². The highest BCUT2D eigenvalue weighted by molar-refractivity contribution is 6.30. The number of aromatic nitrogens is 6. The van der Waals surface area contributed by atoms with E-state index in [0.29, 0.717) is 89.1 Å². The van der Waals surface area contributed by atoms with Crippen molar-refractivity contribution in [2.45, 2.75) is 57.9 Å². The quantitative estimate of drug-likeness (QED) is 0.194. The van der Waals surface area contributed by atoms with Crippen LogP contribution in [0.1, 0.15) is 53.1 Å². The number of nitrogens with two attached hydrogens (primary N) is 1. The summed E-state index contributed by atoms with van der Waals surface area (Å²) in [6.07, 6.45) is 4.12. The maximum atomic E-state index is 15.1. The van der Waals surface area contributed by atoms with Crippen molar-refractivity contribution in [3.63, 3.8) is 0 Å². The Bertz CT molecular complexity index is 2270. The fourth-order valence-electron chi connectivity index (χ4n) is 7.13. The molecule has 280 valence electrons. The molecule has 1 saturated carbocycles. The number of anilines is 1. The van der Waals surface area contributed by atoms with E-state index in [0.717, 1.165) is 17.7 Å². The number of hydrogen-bond acceptors (Lipinski definition) is 9. The number of aryl methyl sites for hydroxylation is 1. The number of alkyl halides is 2. The zero-order valence-corrected chi connectivity index (χ0v) is 30.0. The van der Waals surface area contributed by atoms with E-state index in [-0.39, 0.29) is 42.2 Å². The number of carbonyl (C=O) groups is 3. The summed E-state index contributed by atoms with van der Waals surface area (Å²) in [5.74, 6) is -2.00. The van der Waals surface area contributed by atoms with Gasteiger partial charge < -0.3 is 20.1 Å². The molecule has 17 heteroatoms. The molecule has 5 aromatic rings. The minimum absolute atomic E-state index is 0.0966. The Labute approximate surface area is 312 Å². The maximum absolute atomic E-state index is 15.1. The number of rotatable bonds is 10. The molecular formula is C37H36ClF2N9O5. The predicted molar refractivity (Wildman–Crippen MR) is 192 cm³/mol. The molecule has 0 atom stereocenters. The van der Waals surface area contributed by atoms with E-state index in [1.807, 2.05) is 0 Å². The van der Waals surface area contributed by atoms with Gasteiger partial charge in [-0.3, -0.25) is 24.2 Å². The minimum atomic E-state index is -4.16. The van der Waals surface area contributed by atoms with Crippen molar-refractivity contribution in [3.05, 3.63) is 82.7 Å². The highest BCUT2D eigenvalue weighted by Gasteiger charge is 2.50. The molecule has 54 heavy (non-hydrogen) atoms. The van der Waals surface area contributed by atoms with E-state index < -0.39 is 17.9 Å². The standard InChI is InChI=1S/C37H36ClF2N9O5/c1-46-11-10-26(45-46)20-53-36(52)47-12-8-22(9-13-47)18-49-34-27(17-43-49)31(32(33(41)50)28(44-34)14-21-2-3-21)23-4-7-29-30(15-23)54-37(39,40)35(51)48(29)19-25-6-5-24(38)16-42-25/h4-7,10-11,15-17,21-22H,2-3,8-9,12-14,18-20H2,1H3,(H2,41,50). The lowest BCUT2D eigenvalue weighted by Crippen LogP contribution is -2.50. The molecule has 8 rings (SSSR count). The summed E-state index contributed by atoms with van der Waals surface area (Å²) in [5.41, 5.74) is 9.15. The van der Waals surface area contributed by atoms with Crippen LogP contribution in [0.3, 0.4) is 0 Å². The maximum Gasteiger partial charge on any atom is 0.482 e. The SMILES string of the molecule is Cn1ccc(COC(=O)N2CCC(Cn3ncc4c(-c5ccc6c(c5)OC(F)(F)C(=O)N6Cc5ccc(Cl)cn5)c(C(N)=O)c(CC5CC5)nc43)CC2)n1. The van der Waals surface area contributed by atoms with Crippen LogP contribution >= 0.6 is 11.6 Å². The molecular weight excluding hydrogens is 724 g/mol. The van der Waals surface area contributed by atoms with Gasteiger partial charge in [0.25, 0.3) is 5.91 Å². The van der Waals surface area contributed by atoms with E-state index in [1.54, 1.807) is 58.0 Å². The fraction of sp³-hybridized carbons (Fsp3) is 0.378. The second-order valence-corrected chi connectivity index (χ2v) is 14.4. The molecule has 3 amide bonds. The summed E-state index contributed by atoms with van der Waals surface area (Å²) in [6.45, 7) is 1.36. The highest BCUT2D eigenvalue weighted by Crippen LogP contribution is 2.45. The molecule has 0 radical (unpaired) electrons. The van der Waals surface area contributed by atoms with Gasteiger partial charge in [-0.15, -0.1) is 0 Å². The number of primary amides is 1. The van der Waals surface area contributed by atoms with Gasteiger partial charge in [-0.25, -0.2) is 14.5 Å². The molecule has 1 saturated heterocycles. The first-order valence-corrected chi connectivity index (χ1v) is 18.0. The van der Waals surface area contributed by atoms with Crippen LogP contribution in [0, 0.1) is 11.8 Å². The molecule has 2 N–H and O–H groups in total. The number of carbonyl (C=O) groups excluding carboxylic acids is 3. The smallest absolute Gasteiger partial charge is 0.443 e. The third kappa shape index (κ3) is 7.05.